The highest BCUT2D eigenvalue weighted by molar-refractivity contribution is 7.89. The first-order valence-corrected chi connectivity index (χ1v) is 10.5. The van der Waals surface area contributed by atoms with Crippen LogP contribution in [-0.4, -0.2) is 64.6 Å². The van der Waals surface area contributed by atoms with Gasteiger partial charge < -0.3 is 4.90 Å². The molecule has 0 unspecified atom stereocenters. The minimum atomic E-state index is -3.13. The van der Waals surface area contributed by atoms with Gasteiger partial charge in [-0.25, -0.2) is 13.1 Å². The van der Waals surface area contributed by atoms with Gasteiger partial charge in [0, 0.05) is 31.9 Å². The summed E-state index contributed by atoms with van der Waals surface area (Å²) in [4.78, 5) is 2.07. The molecule has 1 aliphatic rings. The molecule has 26 heavy (non-hydrogen) atoms. The van der Waals surface area contributed by atoms with Crippen molar-refractivity contribution < 1.29 is 8.42 Å². The van der Waals surface area contributed by atoms with Crippen LogP contribution in [0.3, 0.4) is 0 Å². The second-order valence-electron chi connectivity index (χ2n) is 6.66. The van der Waals surface area contributed by atoms with Crippen LogP contribution in [0.2, 0.25) is 0 Å². The number of aryl methyl sites for hydroxylation is 1. The lowest BCUT2D eigenvalue weighted by Gasteiger charge is -2.34. The average Bonchev–Trinajstić information content (AvgIpc) is 2.89. The molecular formula is C17H26N6O2S. The van der Waals surface area contributed by atoms with E-state index in [1.165, 1.54) is 0 Å². The monoisotopic (exact) mass is 378 g/mol. The summed E-state index contributed by atoms with van der Waals surface area (Å²) in [6, 6.07) is 3.83. The molecule has 2 aromatic rings. The number of sulfonamides is 1. The van der Waals surface area contributed by atoms with Crippen LogP contribution in [0.1, 0.15) is 30.3 Å². The number of anilines is 1. The predicted octanol–water partition coefficient (Wildman–Crippen LogP) is 1.45. The Morgan fingerprint density at radius 1 is 1.00 bits per heavy atom. The van der Waals surface area contributed by atoms with Gasteiger partial charge in [-0.3, -0.25) is 0 Å². The van der Waals surface area contributed by atoms with Crippen molar-refractivity contribution in [3.8, 4) is 5.82 Å². The molecule has 0 aliphatic carbocycles. The second kappa shape index (κ2) is 7.32. The zero-order valence-corrected chi connectivity index (χ0v) is 16.6. The van der Waals surface area contributed by atoms with Crippen LogP contribution < -0.4 is 4.90 Å². The summed E-state index contributed by atoms with van der Waals surface area (Å²) in [6.45, 7) is 10.1. The smallest absolute Gasteiger partial charge is 0.214 e. The molecule has 0 saturated carbocycles. The lowest BCUT2D eigenvalue weighted by atomic mass is 10.2. The first-order valence-electron chi connectivity index (χ1n) is 8.93. The van der Waals surface area contributed by atoms with Crippen molar-refractivity contribution in [2.75, 3.05) is 36.8 Å². The summed E-state index contributed by atoms with van der Waals surface area (Å²) < 4.78 is 27.7. The zero-order chi connectivity index (χ0) is 18.9. The van der Waals surface area contributed by atoms with E-state index in [4.69, 9.17) is 0 Å². The Kier molecular flexibility index (Phi) is 5.29. The third-order valence-electron chi connectivity index (χ3n) is 4.92. The summed E-state index contributed by atoms with van der Waals surface area (Å²) in [5.74, 6) is 1.66. The Labute approximate surface area is 154 Å². The molecule has 1 aliphatic heterocycles. The average molecular weight is 379 g/mol. The molecule has 0 amide bonds. The van der Waals surface area contributed by atoms with E-state index in [9.17, 15) is 8.42 Å². The topological polar surface area (TPSA) is 84.2 Å². The number of aromatic nitrogens is 4. The molecule has 0 N–H and O–H groups in total. The maximum Gasteiger partial charge on any atom is 0.214 e. The van der Waals surface area contributed by atoms with E-state index in [1.54, 1.807) is 8.99 Å². The van der Waals surface area contributed by atoms with Crippen molar-refractivity contribution in [2.24, 2.45) is 0 Å². The Hall–Kier alpha value is -2.00. The van der Waals surface area contributed by atoms with Gasteiger partial charge in [-0.2, -0.15) is 9.40 Å². The lowest BCUT2D eigenvalue weighted by Crippen LogP contribution is -2.49. The van der Waals surface area contributed by atoms with Gasteiger partial charge in [0.1, 0.15) is 0 Å². The van der Waals surface area contributed by atoms with Gasteiger partial charge in [-0.05, 0) is 44.9 Å². The van der Waals surface area contributed by atoms with Crippen molar-refractivity contribution in [3.63, 3.8) is 0 Å². The van der Waals surface area contributed by atoms with Crippen LogP contribution in [0.5, 0.6) is 0 Å². The third kappa shape index (κ3) is 3.59. The summed E-state index contributed by atoms with van der Waals surface area (Å²) in [5, 5.41) is 13.1. The molecule has 2 aromatic heterocycles. The van der Waals surface area contributed by atoms with E-state index in [0.29, 0.717) is 38.4 Å². The fourth-order valence-electron chi connectivity index (χ4n) is 3.13. The van der Waals surface area contributed by atoms with Crippen LogP contribution in [0.25, 0.3) is 5.82 Å². The lowest BCUT2D eigenvalue weighted by molar-refractivity contribution is 0.383. The molecule has 3 heterocycles. The molecule has 0 radical (unpaired) electrons. The highest BCUT2D eigenvalue weighted by atomic mass is 32.2. The summed E-state index contributed by atoms with van der Waals surface area (Å²) in [7, 11) is -3.13. The van der Waals surface area contributed by atoms with Gasteiger partial charge in [0.05, 0.1) is 11.4 Å². The number of nitrogens with zero attached hydrogens (tertiary/aromatic N) is 6. The van der Waals surface area contributed by atoms with E-state index in [-0.39, 0.29) is 5.75 Å². The maximum absolute atomic E-state index is 12.2. The number of hydrogen-bond acceptors (Lipinski definition) is 6. The summed E-state index contributed by atoms with van der Waals surface area (Å²) in [6.07, 6.45) is 0.640. The van der Waals surface area contributed by atoms with Crippen molar-refractivity contribution in [1.82, 2.24) is 24.3 Å². The van der Waals surface area contributed by atoms with Crippen molar-refractivity contribution in [1.29, 1.82) is 0 Å². The van der Waals surface area contributed by atoms with Gasteiger partial charge in [0.25, 0.3) is 0 Å². The van der Waals surface area contributed by atoms with Gasteiger partial charge >= 0.3 is 0 Å². The maximum atomic E-state index is 12.2. The van der Waals surface area contributed by atoms with Gasteiger partial charge in [-0.1, -0.05) is 6.92 Å². The Bertz CT molecular complexity index is 867. The van der Waals surface area contributed by atoms with E-state index in [2.05, 4.69) is 20.2 Å². The van der Waals surface area contributed by atoms with Gasteiger partial charge in [0.15, 0.2) is 11.6 Å². The largest absolute Gasteiger partial charge is 0.352 e. The van der Waals surface area contributed by atoms with Crippen LogP contribution >= 0.6 is 0 Å². The second-order valence-corrected chi connectivity index (χ2v) is 8.75. The first kappa shape index (κ1) is 18.8. The van der Waals surface area contributed by atoms with E-state index >= 15 is 0 Å². The molecule has 8 nitrogen and oxygen atoms in total. The van der Waals surface area contributed by atoms with E-state index < -0.39 is 10.0 Å². The highest BCUT2D eigenvalue weighted by Crippen LogP contribution is 2.18. The quantitative estimate of drug-likeness (QED) is 0.783. The molecule has 0 aromatic carbocycles. The molecule has 0 spiro atoms. The number of piperazine rings is 1. The Balaban J connectivity index is 1.70. The van der Waals surface area contributed by atoms with Crippen molar-refractivity contribution in [2.45, 2.75) is 34.1 Å². The minimum Gasteiger partial charge on any atom is -0.352 e. The van der Waals surface area contributed by atoms with Crippen molar-refractivity contribution in [3.05, 3.63) is 29.1 Å². The molecular weight excluding hydrogens is 352 g/mol. The Morgan fingerprint density at radius 3 is 2.12 bits per heavy atom. The Morgan fingerprint density at radius 2 is 1.62 bits per heavy atom. The molecule has 142 valence electrons. The standard InChI is InChI=1S/C17H26N6O2S/c1-5-12-26(24,25)22-10-8-21(9-11-22)16-6-7-17(19-18-16)23-15(4)13(2)14(3)20-23/h6-7H,5,8-12H2,1-4H3. The number of rotatable bonds is 5. The predicted molar refractivity (Wildman–Crippen MR) is 101 cm³/mol. The normalized spacial score (nSPS) is 16.2. The summed E-state index contributed by atoms with van der Waals surface area (Å²) in [5.41, 5.74) is 3.19. The van der Waals surface area contributed by atoms with E-state index in [0.717, 1.165) is 22.8 Å². The summed E-state index contributed by atoms with van der Waals surface area (Å²) >= 11 is 0. The molecule has 0 atom stereocenters. The third-order valence-corrected chi connectivity index (χ3v) is 7.00. The van der Waals surface area contributed by atoms with Gasteiger partial charge in [-0.15, -0.1) is 10.2 Å². The first-order chi connectivity index (χ1) is 12.3. The van der Waals surface area contributed by atoms with Crippen molar-refractivity contribution >= 4 is 15.8 Å². The van der Waals surface area contributed by atoms with Gasteiger partial charge in [0.2, 0.25) is 10.0 Å². The fourth-order valence-corrected chi connectivity index (χ4v) is 4.62. The number of hydrogen-bond donors (Lipinski definition) is 0. The molecule has 3 rings (SSSR count). The van der Waals surface area contributed by atoms with Crippen LogP contribution in [0.15, 0.2) is 12.1 Å². The molecule has 9 heteroatoms. The van der Waals surface area contributed by atoms with Crippen LogP contribution in [0, 0.1) is 20.8 Å². The van der Waals surface area contributed by atoms with Crippen LogP contribution in [0.4, 0.5) is 5.82 Å². The zero-order valence-electron chi connectivity index (χ0n) is 15.8. The fraction of sp³-hybridized carbons (Fsp3) is 0.588. The van der Waals surface area contributed by atoms with E-state index in [1.807, 2.05) is 39.8 Å². The molecule has 1 saturated heterocycles. The minimum absolute atomic E-state index is 0.212. The van der Waals surface area contributed by atoms with Crippen LogP contribution in [-0.2, 0) is 10.0 Å². The molecule has 0 bridgehead atoms. The SMILES string of the molecule is CCCS(=O)(=O)N1CCN(c2ccc(-n3nc(C)c(C)c3C)nn2)CC1. The molecule has 1 fully saturated rings. The highest BCUT2D eigenvalue weighted by Gasteiger charge is 2.26.